The summed E-state index contributed by atoms with van der Waals surface area (Å²) in [7, 11) is 1.72. The molecule has 1 unspecified atom stereocenters. The maximum absolute atomic E-state index is 10.9. The lowest BCUT2D eigenvalue weighted by Crippen LogP contribution is -2.30. The third kappa shape index (κ3) is 7.83. The topological polar surface area (TPSA) is 46.5 Å². The van der Waals surface area contributed by atoms with Crippen LogP contribution in [0.5, 0.6) is 0 Å². The molecule has 0 spiro atoms. The van der Waals surface area contributed by atoms with Gasteiger partial charge in [-0.3, -0.25) is 0 Å². The minimum absolute atomic E-state index is 0.293. The molecule has 0 saturated carbocycles. The zero-order valence-corrected chi connectivity index (χ0v) is 15.0. The highest BCUT2D eigenvalue weighted by Crippen LogP contribution is 2.30. The standard InChI is InChI=1S/C20H34O3/c1-3-4-5-6-7-8-9-10-11-12-15-20(23-2)16-13-18(14-17-20)19(21)22/h13-14,16H,3-12,15,17H2,1-2H3,(H,21,22). The average molecular weight is 322 g/mol. The maximum atomic E-state index is 10.9. The average Bonchev–Trinajstić information content (AvgIpc) is 2.57. The molecule has 0 amide bonds. The van der Waals surface area contributed by atoms with E-state index >= 15 is 0 Å². The van der Waals surface area contributed by atoms with Gasteiger partial charge in [0.25, 0.3) is 0 Å². The number of carbonyl (C=O) groups is 1. The van der Waals surface area contributed by atoms with E-state index in [2.05, 4.69) is 6.92 Å². The Morgan fingerprint density at radius 1 is 1.09 bits per heavy atom. The van der Waals surface area contributed by atoms with Crippen LogP contribution in [0.3, 0.4) is 0 Å². The summed E-state index contributed by atoms with van der Waals surface area (Å²) in [5, 5.41) is 8.99. The number of carboxylic acids is 1. The fourth-order valence-electron chi connectivity index (χ4n) is 3.17. The van der Waals surface area contributed by atoms with Crippen LogP contribution in [-0.2, 0) is 9.53 Å². The molecule has 3 heteroatoms. The summed E-state index contributed by atoms with van der Waals surface area (Å²) in [6.07, 6.45) is 20.3. The number of carboxylic acid groups (broad SMARTS) is 1. The molecule has 0 fully saturated rings. The Hall–Kier alpha value is -1.09. The molecule has 1 rings (SSSR count). The van der Waals surface area contributed by atoms with E-state index in [0.29, 0.717) is 12.0 Å². The fourth-order valence-corrected chi connectivity index (χ4v) is 3.17. The molecule has 0 aliphatic heterocycles. The van der Waals surface area contributed by atoms with Gasteiger partial charge < -0.3 is 9.84 Å². The van der Waals surface area contributed by atoms with Gasteiger partial charge in [0.1, 0.15) is 0 Å². The number of unbranched alkanes of at least 4 members (excludes halogenated alkanes) is 9. The number of aliphatic carboxylic acids is 1. The molecule has 1 aliphatic rings. The van der Waals surface area contributed by atoms with Gasteiger partial charge in [0.2, 0.25) is 0 Å². The van der Waals surface area contributed by atoms with E-state index in [1.807, 2.05) is 6.08 Å². The van der Waals surface area contributed by atoms with E-state index in [9.17, 15) is 4.79 Å². The highest BCUT2D eigenvalue weighted by atomic mass is 16.5. The molecular weight excluding hydrogens is 288 g/mol. The molecule has 0 aromatic heterocycles. The van der Waals surface area contributed by atoms with Gasteiger partial charge in [0, 0.05) is 7.11 Å². The Labute approximate surface area is 141 Å². The van der Waals surface area contributed by atoms with Crippen LogP contribution in [0.15, 0.2) is 23.8 Å². The van der Waals surface area contributed by atoms with Crippen LogP contribution in [-0.4, -0.2) is 23.8 Å². The van der Waals surface area contributed by atoms with Gasteiger partial charge in [-0.2, -0.15) is 0 Å². The van der Waals surface area contributed by atoms with Crippen molar-refractivity contribution in [3.8, 4) is 0 Å². The highest BCUT2D eigenvalue weighted by Gasteiger charge is 2.28. The van der Waals surface area contributed by atoms with E-state index < -0.39 is 5.97 Å². The van der Waals surface area contributed by atoms with Crippen LogP contribution in [0.4, 0.5) is 0 Å². The van der Waals surface area contributed by atoms with Crippen molar-refractivity contribution in [1.82, 2.24) is 0 Å². The zero-order valence-electron chi connectivity index (χ0n) is 15.0. The first kappa shape index (κ1) is 20.0. The molecule has 1 aliphatic carbocycles. The van der Waals surface area contributed by atoms with Crippen molar-refractivity contribution < 1.29 is 14.6 Å². The van der Waals surface area contributed by atoms with E-state index in [1.165, 1.54) is 57.8 Å². The number of hydrogen-bond donors (Lipinski definition) is 1. The van der Waals surface area contributed by atoms with Crippen molar-refractivity contribution in [3.63, 3.8) is 0 Å². The van der Waals surface area contributed by atoms with Gasteiger partial charge in [0.05, 0.1) is 11.2 Å². The molecular formula is C20H34O3. The summed E-state index contributed by atoms with van der Waals surface area (Å²) >= 11 is 0. The van der Waals surface area contributed by atoms with Crippen LogP contribution >= 0.6 is 0 Å². The Bertz CT molecular complexity index is 398. The molecule has 23 heavy (non-hydrogen) atoms. The first-order valence-electron chi connectivity index (χ1n) is 9.31. The number of rotatable bonds is 13. The summed E-state index contributed by atoms with van der Waals surface area (Å²) in [6, 6.07) is 0. The quantitative estimate of drug-likeness (QED) is 0.445. The number of methoxy groups -OCH3 is 1. The van der Waals surface area contributed by atoms with E-state index in [4.69, 9.17) is 9.84 Å². The summed E-state index contributed by atoms with van der Waals surface area (Å²) in [5.74, 6) is -0.857. The molecule has 1 atom stereocenters. The largest absolute Gasteiger partial charge is 0.478 e. The molecule has 1 N–H and O–H groups in total. The van der Waals surface area contributed by atoms with E-state index in [-0.39, 0.29) is 5.60 Å². The van der Waals surface area contributed by atoms with Crippen LogP contribution in [0.25, 0.3) is 0 Å². The van der Waals surface area contributed by atoms with Crippen molar-refractivity contribution in [2.75, 3.05) is 7.11 Å². The molecule has 3 nitrogen and oxygen atoms in total. The van der Waals surface area contributed by atoms with Crippen LogP contribution < -0.4 is 0 Å². The highest BCUT2D eigenvalue weighted by molar-refractivity contribution is 5.90. The second-order valence-electron chi connectivity index (χ2n) is 6.70. The lowest BCUT2D eigenvalue weighted by atomic mass is 9.87. The minimum atomic E-state index is -0.857. The van der Waals surface area contributed by atoms with Crippen LogP contribution in [0, 0.1) is 0 Å². The van der Waals surface area contributed by atoms with Crippen molar-refractivity contribution in [3.05, 3.63) is 23.8 Å². The summed E-state index contributed by atoms with van der Waals surface area (Å²) in [4.78, 5) is 10.9. The molecule has 0 radical (unpaired) electrons. The first-order chi connectivity index (χ1) is 11.1. The van der Waals surface area contributed by atoms with Gasteiger partial charge in [0.15, 0.2) is 0 Å². The van der Waals surface area contributed by atoms with Gasteiger partial charge in [-0.05, 0) is 18.9 Å². The SMILES string of the molecule is CCCCCCCCCCCCC1(OC)C=CC(C(=O)O)=CC1. The van der Waals surface area contributed by atoms with Crippen molar-refractivity contribution in [2.24, 2.45) is 0 Å². The molecule has 0 heterocycles. The third-order valence-electron chi connectivity index (χ3n) is 4.84. The van der Waals surface area contributed by atoms with Crippen LogP contribution in [0.1, 0.15) is 84.0 Å². The van der Waals surface area contributed by atoms with Gasteiger partial charge >= 0.3 is 5.97 Å². The minimum Gasteiger partial charge on any atom is -0.478 e. The second-order valence-corrected chi connectivity index (χ2v) is 6.70. The second kappa shape index (κ2) is 11.4. The van der Waals surface area contributed by atoms with Gasteiger partial charge in [-0.1, -0.05) is 83.3 Å². The Morgan fingerprint density at radius 2 is 1.65 bits per heavy atom. The van der Waals surface area contributed by atoms with Crippen molar-refractivity contribution >= 4 is 5.97 Å². The summed E-state index contributed by atoms with van der Waals surface area (Å²) in [5.41, 5.74) is 0.0831. The Balaban J connectivity index is 2.10. The van der Waals surface area contributed by atoms with Gasteiger partial charge in [-0.25, -0.2) is 4.79 Å². The third-order valence-corrected chi connectivity index (χ3v) is 4.84. The van der Waals surface area contributed by atoms with Gasteiger partial charge in [-0.15, -0.1) is 0 Å². The number of ether oxygens (including phenoxy) is 1. The molecule has 132 valence electrons. The van der Waals surface area contributed by atoms with Crippen molar-refractivity contribution in [1.29, 1.82) is 0 Å². The summed E-state index contributed by atoms with van der Waals surface area (Å²) in [6.45, 7) is 2.26. The lowest BCUT2D eigenvalue weighted by molar-refractivity contribution is -0.132. The predicted octanol–water partition coefficient (Wildman–Crippen LogP) is 5.65. The lowest BCUT2D eigenvalue weighted by Gasteiger charge is -2.30. The molecule has 0 bridgehead atoms. The maximum Gasteiger partial charge on any atom is 0.335 e. The fraction of sp³-hybridized carbons (Fsp3) is 0.750. The van der Waals surface area contributed by atoms with E-state index in [1.54, 1.807) is 19.3 Å². The van der Waals surface area contributed by atoms with Crippen LogP contribution in [0.2, 0.25) is 0 Å². The number of hydrogen-bond acceptors (Lipinski definition) is 2. The smallest absolute Gasteiger partial charge is 0.335 e. The summed E-state index contributed by atoms with van der Waals surface area (Å²) < 4.78 is 5.67. The molecule has 0 aromatic carbocycles. The predicted molar refractivity (Wildman–Crippen MR) is 95.7 cm³/mol. The first-order valence-corrected chi connectivity index (χ1v) is 9.31. The zero-order chi connectivity index (χ0) is 17.0. The molecule has 0 saturated heterocycles. The van der Waals surface area contributed by atoms with E-state index in [0.717, 1.165) is 12.8 Å². The van der Waals surface area contributed by atoms with Crippen molar-refractivity contribution in [2.45, 2.75) is 89.6 Å². The normalized spacial score (nSPS) is 20.5. The Kier molecular flexibility index (Phi) is 9.93. The molecule has 0 aromatic rings. The monoisotopic (exact) mass is 322 g/mol. The Morgan fingerprint density at radius 3 is 2.09 bits per heavy atom.